The molecule has 1 aromatic heterocycles. The van der Waals surface area contributed by atoms with Crippen molar-refractivity contribution in [2.75, 3.05) is 19.6 Å². The summed E-state index contributed by atoms with van der Waals surface area (Å²) in [5, 5.41) is 8.84. The number of hydrogen-bond donors (Lipinski definition) is 1. The largest absolute Gasteiger partial charge is 0.477 e. The van der Waals surface area contributed by atoms with E-state index in [1.807, 2.05) is 0 Å². The van der Waals surface area contributed by atoms with E-state index in [1.54, 1.807) is 4.57 Å². The standard InChI is InChI=1S/C12H17N3O3/c16-11-10(12(17)18)8-15(9-13-11)7-6-14-4-2-1-3-5-14/h8-9H,1-7H2,(H,17,18). The van der Waals surface area contributed by atoms with Crippen LogP contribution in [-0.2, 0) is 6.54 Å². The molecule has 0 amide bonds. The highest BCUT2D eigenvalue weighted by Crippen LogP contribution is 2.08. The van der Waals surface area contributed by atoms with Gasteiger partial charge in [-0.15, -0.1) is 0 Å². The lowest BCUT2D eigenvalue weighted by atomic mass is 10.1. The second kappa shape index (κ2) is 5.77. The maximum atomic E-state index is 11.2. The first-order chi connectivity index (χ1) is 8.66. The number of rotatable bonds is 4. The molecule has 0 saturated carbocycles. The van der Waals surface area contributed by atoms with Gasteiger partial charge in [0.05, 0.1) is 6.33 Å². The summed E-state index contributed by atoms with van der Waals surface area (Å²) in [5.41, 5.74) is -0.951. The predicted molar refractivity (Wildman–Crippen MR) is 65.7 cm³/mol. The third-order valence-corrected chi connectivity index (χ3v) is 3.20. The second-order valence-corrected chi connectivity index (χ2v) is 4.54. The van der Waals surface area contributed by atoms with E-state index in [0.29, 0.717) is 6.54 Å². The summed E-state index contributed by atoms with van der Waals surface area (Å²) in [4.78, 5) is 27.9. The van der Waals surface area contributed by atoms with Crippen LogP contribution in [0.2, 0.25) is 0 Å². The van der Waals surface area contributed by atoms with Crippen LogP contribution in [0.5, 0.6) is 0 Å². The fourth-order valence-electron chi connectivity index (χ4n) is 2.16. The molecule has 0 unspecified atom stereocenters. The molecule has 2 heterocycles. The number of aromatic carboxylic acids is 1. The Morgan fingerprint density at radius 2 is 2.00 bits per heavy atom. The van der Waals surface area contributed by atoms with Crippen LogP contribution in [0.4, 0.5) is 0 Å². The highest BCUT2D eigenvalue weighted by Gasteiger charge is 2.12. The Hall–Kier alpha value is -1.69. The molecule has 18 heavy (non-hydrogen) atoms. The molecular formula is C12H17N3O3. The zero-order chi connectivity index (χ0) is 13.0. The van der Waals surface area contributed by atoms with E-state index in [-0.39, 0.29) is 5.56 Å². The second-order valence-electron chi connectivity index (χ2n) is 4.54. The molecule has 0 atom stereocenters. The molecule has 98 valence electrons. The molecule has 1 saturated heterocycles. The van der Waals surface area contributed by atoms with Gasteiger partial charge in [-0.1, -0.05) is 6.42 Å². The van der Waals surface area contributed by atoms with Crippen LogP contribution < -0.4 is 5.56 Å². The molecule has 1 aliphatic rings. The van der Waals surface area contributed by atoms with Crippen LogP contribution in [0.15, 0.2) is 17.3 Å². The SMILES string of the molecule is O=C(O)c1cn(CCN2CCCCC2)cnc1=O. The highest BCUT2D eigenvalue weighted by atomic mass is 16.4. The number of hydrogen-bond acceptors (Lipinski definition) is 4. The van der Waals surface area contributed by atoms with Crippen molar-refractivity contribution in [3.8, 4) is 0 Å². The van der Waals surface area contributed by atoms with Crippen molar-refractivity contribution in [3.63, 3.8) is 0 Å². The van der Waals surface area contributed by atoms with E-state index in [0.717, 1.165) is 19.6 Å². The van der Waals surface area contributed by atoms with Gasteiger partial charge in [-0.2, -0.15) is 4.98 Å². The van der Waals surface area contributed by atoms with Gasteiger partial charge >= 0.3 is 5.97 Å². The van der Waals surface area contributed by atoms with Gasteiger partial charge in [-0.3, -0.25) is 4.79 Å². The highest BCUT2D eigenvalue weighted by molar-refractivity contribution is 5.86. The normalized spacial score (nSPS) is 16.7. The lowest BCUT2D eigenvalue weighted by Gasteiger charge is -2.26. The molecule has 1 aromatic rings. The Bertz CT molecular complexity index is 478. The number of aromatic nitrogens is 2. The molecule has 6 heteroatoms. The van der Waals surface area contributed by atoms with Crippen LogP contribution in [-0.4, -0.2) is 45.2 Å². The van der Waals surface area contributed by atoms with Crippen molar-refractivity contribution in [3.05, 3.63) is 28.4 Å². The molecule has 0 radical (unpaired) electrons. The zero-order valence-corrected chi connectivity index (χ0v) is 10.2. The fraction of sp³-hybridized carbons (Fsp3) is 0.583. The average Bonchev–Trinajstić information content (AvgIpc) is 2.38. The van der Waals surface area contributed by atoms with Gasteiger partial charge in [0.15, 0.2) is 0 Å². The monoisotopic (exact) mass is 251 g/mol. The molecule has 0 aliphatic carbocycles. The van der Waals surface area contributed by atoms with Gasteiger partial charge in [-0.25, -0.2) is 4.79 Å². The van der Waals surface area contributed by atoms with Gasteiger partial charge < -0.3 is 14.6 Å². The van der Waals surface area contributed by atoms with Gasteiger partial charge in [-0.05, 0) is 25.9 Å². The number of carbonyl (C=O) groups is 1. The quantitative estimate of drug-likeness (QED) is 0.839. The zero-order valence-electron chi connectivity index (χ0n) is 10.2. The number of piperidine rings is 1. The maximum Gasteiger partial charge on any atom is 0.342 e. The van der Waals surface area contributed by atoms with E-state index in [2.05, 4.69) is 9.88 Å². The summed E-state index contributed by atoms with van der Waals surface area (Å²) in [7, 11) is 0. The van der Waals surface area contributed by atoms with Crippen molar-refractivity contribution >= 4 is 5.97 Å². The predicted octanol–water partition coefficient (Wildman–Crippen LogP) is 0.427. The Labute approximate surface area is 105 Å². The molecule has 1 N–H and O–H groups in total. The van der Waals surface area contributed by atoms with Crippen molar-refractivity contribution in [1.29, 1.82) is 0 Å². The number of likely N-dealkylation sites (tertiary alicyclic amines) is 1. The fourth-order valence-corrected chi connectivity index (χ4v) is 2.16. The minimum absolute atomic E-state index is 0.267. The molecule has 1 fully saturated rings. The van der Waals surface area contributed by atoms with Crippen LogP contribution >= 0.6 is 0 Å². The first-order valence-electron chi connectivity index (χ1n) is 6.18. The third-order valence-electron chi connectivity index (χ3n) is 3.20. The first-order valence-corrected chi connectivity index (χ1v) is 6.18. The Morgan fingerprint density at radius 3 is 2.67 bits per heavy atom. The number of nitrogens with zero attached hydrogens (tertiary/aromatic N) is 3. The molecule has 1 aliphatic heterocycles. The molecule has 6 nitrogen and oxygen atoms in total. The average molecular weight is 251 g/mol. The Morgan fingerprint density at radius 1 is 1.28 bits per heavy atom. The number of carboxylic acids is 1. The van der Waals surface area contributed by atoms with Crippen molar-refractivity contribution in [2.45, 2.75) is 25.8 Å². The molecule has 0 spiro atoms. The topological polar surface area (TPSA) is 75.4 Å². The van der Waals surface area contributed by atoms with E-state index in [9.17, 15) is 9.59 Å². The number of carboxylic acid groups (broad SMARTS) is 1. The minimum Gasteiger partial charge on any atom is -0.477 e. The molecule has 0 aromatic carbocycles. The smallest absolute Gasteiger partial charge is 0.342 e. The van der Waals surface area contributed by atoms with Crippen LogP contribution in [0.3, 0.4) is 0 Å². The van der Waals surface area contributed by atoms with Gasteiger partial charge in [0.25, 0.3) is 5.56 Å². The van der Waals surface area contributed by atoms with Crippen LogP contribution in [0, 0.1) is 0 Å². The van der Waals surface area contributed by atoms with Crippen LogP contribution in [0.25, 0.3) is 0 Å². The van der Waals surface area contributed by atoms with Crippen molar-refractivity contribution in [1.82, 2.24) is 14.5 Å². The molecule has 0 bridgehead atoms. The summed E-state index contributed by atoms with van der Waals surface area (Å²) in [5.74, 6) is -1.22. The van der Waals surface area contributed by atoms with E-state index < -0.39 is 11.5 Å². The Balaban J connectivity index is 1.98. The summed E-state index contributed by atoms with van der Waals surface area (Å²) in [6, 6.07) is 0. The first kappa shape index (κ1) is 12.8. The van der Waals surface area contributed by atoms with Gasteiger partial charge in [0, 0.05) is 19.3 Å². The van der Waals surface area contributed by atoms with E-state index in [1.165, 1.54) is 31.8 Å². The summed E-state index contributed by atoms with van der Waals surface area (Å²) in [6.07, 6.45) is 6.51. The third kappa shape index (κ3) is 3.16. The maximum absolute atomic E-state index is 11.2. The van der Waals surface area contributed by atoms with E-state index in [4.69, 9.17) is 5.11 Å². The molecular weight excluding hydrogens is 234 g/mol. The lowest BCUT2D eigenvalue weighted by Crippen LogP contribution is -2.33. The van der Waals surface area contributed by atoms with Crippen LogP contribution in [0.1, 0.15) is 29.6 Å². The summed E-state index contributed by atoms with van der Waals surface area (Å²) >= 11 is 0. The Kier molecular flexibility index (Phi) is 4.09. The van der Waals surface area contributed by atoms with Gasteiger partial charge in [0.1, 0.15) is 5.56 Å². The van der Waals surface area contributed by atoms with E-state index >= 15 is 0 Å². The molecule has 2 rings (SSSR count). The van der Waals surface area contributed by atoms with Gasteiger partial charge in [0.2, 0.25) is 0 Å². The minimum atomic E-state index is -1.22. The summed E-state index contributed by atoms with van der Waals surface area (Å²) in [6.45, 7) is 3.72. The lowest BCUT2D eigenvalue weighted by molar-refractivity contribution is 0.0693. The van der Waals surface area contributed by atoms with Crippen molar-refractivity contribution < 1.29 is 9.90 Å². The van der Waals surface area contributed by atoms with Crippen molar-refractivity contribution in [2.24, 2.45) is 0 Å². The summed E-state index contributed by atoms with van der Waals surface area (Å²) < 4.78 is 1.67.